The summed E-state index contributed by atoms with van der Waals surface area (Å²) in [6.07, 6.45) is 4.02. The fourth-order valence-corrected chi connectivity index (χ4v) is 0.993. The van der Waals surface area contributed by atoms with Gasteiger partial charge in [0.05, 0.1) is 12.5 Å². The molecular formula is C7H10N2. The van der Waals surface area contributed by atoms with E-state index in [9.17, 15) is 0 Å². The molecule has 0 spiro atoms. The van der Waals surface area contributed by atoms with Crippen LogP contribution in [0.4, 0.5) is 0 Å². The number of hydrogen-bond acceptors (Lipinski definition) is 2. The molecule has 0 aliphatic carbocycles. The third-order valence-electron chi connectivity index (χ3n) is 1.49. The highest BCUT2D eigenvalue weighted by atomic mass is 14.7. The minimum absolute atomic E-state index is 0.542. The summed E-state index contributed by atoms with van der Waals surface area (Å²) in [7, 11) is 0. The largest absolute Gasteiger partial charge is 0.293 e. The molecule has 48 valence electrons. The van der Waals surface area contributed by atoms with Gasteiger partial charge >= 0.3 is 0 Å². The molecule has 1 heterocycles. The molecule has 0 amide bonds. The molecule has 0 fully saturated rings. The van der Waals surface area contributed by atoms with Crippen LogP contribution in [-0.2, 0) is 0 Å². The predicted molar refractivity (Wildman–Crippen MR) is 36.4 cm³/mol. The number of nitrogens with zero attached hydrogens (tertiary/aromatic N) is 2. The molecule has 0 saturated carbocycles. The summed E-state index contributed by atoms with van der Waals surface area (Å²) in [6.45, 7) is 0.941. The molecule has 1 aliphatic heterocycles. The van der Waals surface area contributed by atoms with Crippen molar-refractivity contribution < 1.29 is 0 Å². The lowest BCUT2D eigenvalue weighted by Gasteiger charge is -2.07. The summed E-state index contributed by atoms with van der Waals surface area (Å²) in [5, 5.41) is 8.29. The Balaban J connectivity index is 2.39. The van der Waals surface area contributed by atoms with E-state index in [1.807, 2.05) is 0 Å². The highest BCUT2D eigenvalue weighted by Crippen LogP contribution is 2.07. The molecule has 0 aromatic rings. The first-order valence-corrected chi connectivity index (χ1v) is 3.32. The van der Waals surface area contributed by atoms with E-state index in [1.54, 1.807) is 0 Å². The monoisotopic (exact) mass is 122 g/mol. The van der Waals surface area contributed by atoms with Gasteiger partial charge in [-0.2, -0.15) is 5.26 Å². The summed E-state index contributed by atoms with van der Waals surface area (Å²) in [5.74, 6) is 0. The summed E-state index contributed by atoms with van der Waals surface area (Å²) >= 11 is 0. The molecule has 0 saturated heterocycles. The van der Waals surface area contributed by atoms with Crippen molar-refractivity contribution in [2.24, 2.45) is 4.99 Å². The zero-order chi connectivity index (χ0) is 6.53. The Kier molecular flexibility index (Phi) is 2.26. The van der Waals surface area contributed by atoms with Gasteiger partial charge in [-0.25, -0.2) is 0 Å². The highest BCUT2D eigenvalue weighted by Gasteiger charge is 2.02. The molecule has 0 bridgehead atoms. The van der Waals surface area contributed by atoms with Crippen molar-refractivity contribution in [2.45, 2.75) is 25.7 Å². The molecule has 9 heavy (non-hydrogen) atoms. The van der Waals surface area contributed by atoms with Crippen LogP contribution in [0.1, 0.15) is 25.7 Å². The minimum Gasteiger partial charge on any atom is -0.293 e. The molecule has 0 aromatic heterocycles. The van der Waals surface area contributed by atoms with E-state index >= 15 is 0 Å². The van der Waals surface area contributed by atoms with Crippen LogP contribution < -0.4 is 0 Å². The Bertz CT molecular complexity index is 153. The summed E-state index contributed by atoms with van der Waals surface area (Å²) < 4.78 is 0. The van der Waals surface area contributed by atoms with Crippen LogP contribution in [0.25, 0.3) is 0 Å². The maximum Gasteiger partial charge on any atom is 0.0731 e. The predicted octanol–water partition coefficient (Wildman–Crippen LogP) is 1.52. The summed E-state index contributed by atoms with van der Waals surface area (Å²) in [4.78, 5) is 4.21. The van der Waals surface area contributed by atoms with Gasteiger partial charge in [-0.05, 0) is 19.3 Å². The van der Waals surface area contributed by atoms with E-state index in [0.29, 0.717) is 6.42 Å². The van der Waals surface area contributed by atoms with Crippen molar-refractivity contribution in [3.63, 3.8) is 0 Å². The van der Waals surface area contributed by atoms with Crippen LogP contribution in [0.15, 0.2) is 4.99 Å². The quantitative estimate of drug-likeness (QED) is 0.519. The molecule has 0 radical (unpaired) electrons. The molecule has 0 atom stereocenters. The second kappa shape index (κ2) is 3.24. The number of aliphatic imine (C=N–C) groups is 1. The first-order valence-electron chi connectivity index (χ1n) is 3.32. The molecule has 1 rings (SSSR count). The van der Waals surface area contributed by atoms with Gasteiger partial charge in [0.2, 0.25) is 0 Å². The molecular weight excluding hydrogens is 112 g/mol. The van der Waals surface area contributed by atoms with Gasteiger partial charge in [0, 0.05) is 12.3 Å². The SMILES string of the molecule is N#CCC1=NCCCC1. The van der Waals surface area contributed by atoms with E-state index in [0.717, 1.165) is 18.7 Å². The van der Waals surface area contributed by atoms with Gasteiger partial charge in [0.25, 0.3) is 0 Å². The van der Waals surface area contributed by atoms with Gasteiger partial charge in [-0.15, -0.1) is 0 Å². The van der Waals surface area contributed by atoms with E-state index < -0.39 is 0 Å². The first-order chi connectivity index (χ1) is 4.43. The normalized spacial score (nSPS) is 18.3. The van der Waals surface area contributed by atoms with Crippen LogP contribution >= 0.6 is 0 Å². The molecule has 0 N–H and O–H groups in total. The van der Waals surface area contributed by atoms with Gasteiger partial charge in [0.1, 0.15) is 0 Å². The zero-order valence-electron chi connectivity index (χ0n) is 5.43. The van der Waals surface area contributed by atoms with Gasteiger partial charge in [-0.3, -0.25) is 4.99 Å². The number of nitriles is 1. The number of rotatable bonds is 1. The summed E-state index contributed by atoms with van der Waals surface area (Å²) in [6, 6.07) is 2.11. The highest BCUT2D eigenvalue weighted by molar-refractivity contribution is 5.86. The second-order valence-corrected chi connectivity index (χ2v) is 2.24. The van der Waals surface area contributed by atoms with E-state index in [-0.39, 0.29) is 0 Å². The Morgan fingerprint density at radius 1 is 1.56 bits per heavy atom. The fourth-order valence-electron chi connectivity index (χ4n) is 0.993. The molecule has 1 aliphatic rings. The van der Waals surface area contributed by atoms with Gasteiger partial charge in [-0.1, -0.05) is 0 Å². The van der Waals surface area contributed by atoms with Crippen molar-refractivity contribution in [1.29, 1.82) is 5.26 Å². The van der Waals surface area contributed by atoms with Crippen LogP contribution in [0.2, 0.25) is 0 Å². The fraction of sp³-hybridized carbons (Fsp3) is 0.714. The average Bonchev–Trinajstić information content (AvgIpc) is 1.91. The van der Waals surface area contributed by atoms with Crippen molar-refractivity contribution in [3.8, 4) is 6.07 Å². The van der Waals surface area contributed by atoms with E-state index in [1.165, 1.54) is 12.8 Å². The lowest BCUT2D eigenvalue weighted by molar-refractivity contribution is 0.732. The van der Waals surface area contributed by atoms with Crippen LogP contribution in [-0.4, -0.2) is 12.3 Å². The second-order valence-electron chi connectivity index (χ2n) is 2.24. The first kappa shape index (κ1) is 6.28. The zero-order valence-corrected chi connectivity index (χ0v) is 5.43. The Labute approximate surface area is 55.2 Å². The van der Waals surface area contributed by atoms with Crippen LogP contribution in [0.5, 0.6) is 0 Å². The van der Waals surface area contributed by atoms with E-state index in [4.69, 9.17) is 5.26 Å². The van der Waals surface area contributed by atoms with E-state index in [2.05, 4.69) is 11.1 Å². The van der Waals surface area contributed by atoms with Gasteiger partial charge in [0.15, 0.2) is 0 Å². The lowest BCUT2D eigenvalue weighted by atomic mass is 10.1. The van der Waals surface area contributed by atoms with Crippen molar-refractivity contribution in [3.05, 3.63) is 0 Å². The molecule has 0 aromatic carbocycles. The molecule has 2 heteroatoms. The summed E-state index contributed by atoms with van der Waals surface area (Å²) in [5.41, 5.74) is 1.10. The molecule has 2 nitrogen and oxygen atoms in total. The standard InChI is InChI=1S/C7H10N2/c8-5-4-7-3-1-2-6-9-7/h1-4,6H2. The van der Waals surface area contributed by atoms with Crippen molar-refractivity contribution in [1.82, 2.24) is 0 Å². The topological polar surface area (TPSA) is 36.1 Å². The third-order valence-corrected chi connectivity index (χ3v) is 1.49. The van der Waals surface area contributed by atoms with Crippen LogP contribution in [0, 0.1) is 11.3 Å². The smallest absolute Gasteiger partial charge is 0.0731 e. The Morgan fingerprint density at radius 3 is 3.00 bits per heavy atom. The lowest BCUT2D eigenvalue weighted by Crippen LogP contribution is -2.04. The Morgan fingerprint density at radius 2 is 2.44 bits per heavy atom. The maximum absolute atomic E-state index is 8.29. The Hall–Kier alpha value is -0.840. The minimum atomic E-state index is 0.542. The average molecular weight is 122 g/mol. The van der Waals surface area contributed by atoms with Gasteiger partial charge < -0.3 is 0 Å². The molecule has 0 unspecified atom stereocenters. The third kappa shape index (κ3) is 1.85. The van der Waals surface area contributed by atoms with Crippen molar-refractivity contribution in [2.75, 3.05) is 6.54 Å². The van der Waals surface area contributed by atoms with Crippen LogP contribution in [0.3, 0.4) is 0 Å². The maximum atomic E-state index is 8.29. The van der Waals surface area contributed by atoms with Crippen molar-refractivity contribution >= 4 is 5.71 Å². The number of hydrogen-bond donors (Lipinski definition) is 0.